The molecule has 0 aliphatic rings. The van der Waals surface area contributed by atoms with Gasteiger partial charge in [-0.05, 0) is 24.5 Å². The number of nitrogens with one attached hydrogen (secondary N) is 1. The Morgan fingerprint density at radius 2 is 1.84 bits per heavy atom. The van der Waals surface area contributed by atoms with Gasteiger partial charge in [-0.15, -0.1) is 0 Å². The maximum atomic E-state index is 12.5. The molecule has 1 aromatic carbocycles. The predicted octanol–water partition coefficient (Wildman–Crippen LogP) is 2.61. The van der Waals surface area contributed by atoms with E-state index in [2.05, 4.69) is 4.98 Å². The summed E-state index contributed by atoms with van der Waals surface area (Å²) in [6.45, 7) is 5.58. The average Bonchev–Trinajstić information content (AvgIpc) is 2.30. The lowest BCUT2D eigenvalue weighted by Gasteiger charge is -2.12. The van der Waals surface area contributed by atoms with Crippen LogP contribution in [0.25, 0.3) is 5.69 Å². The Bertz CT molecular complexity index is 729. The Balaban J connectivity index is 2.87. The van der Waals surface area contributed by atoms with E-state index in [4.69, 9.17) is 11.6 Å². The van der Waals surface area contributed by atoms with Gasteiger partial charge in [0.25, 0.3) is 5.56 Å². The van der Waals surface area contributed by atoms with Crippen LogP contribution >= 0.6 is 11.6 Å². The fraction of sp³-hybridized carbons (Fsp3) is 0.286. The van der Waals surface area contributed by atoms with Gasteiger partial charge in [0.05, 0.1) is 11.3 Å². The number of nitrogens with zero attached hydrogens (tertiary/aromatic N) is 1. The maximum absolute atomic E-state index is 12.5. The van der Waals surface area contributed by atoms with Crippen molar-refractivity contribution in [2.24, 2.45) is 0 Å². The highest BCUT2D eigenvalue weighted by molar-refractivity contribution is 6.30. The fourth-order valence-corrected chi connectivity index (χ4v) is 2.44. The minimum Gasteiger partial charge on any atom is -0.297 e. The van der Waals surface area contributed by atoms with Gasteiger partial charge in [0.1, 0.15) is 5.15 Å². The van der Waals surface area contributed by atoms with E-state index in [0.29, 0.717) is 11.3 Å². The second kappa shape index (κ2) is 5.05. The molecule has 0 fully saturated rings. The molecule has 2 rings (SSSR count). The largest absolute Gasteiger partial charge is 0.334 e. The van der Waals surface area contributed by atoms with Gasteiger partial charge in [-0.25, -0.2) is 9.36 Å². The molecule has 100 valence electrons. The number of rotatable bonds is 2. The molecular weight excluding hydrogens is 264 g/mol. The molecule has 2 aromatic rings. The van der Waals surface area contributed by atoms with Gasteiger partial charge in [-0.2, -0.15) is 0 Å². The standard InChI is InChI=1S/C14H15ClN2O2/c1-8(2)11-12(15)16-14(19)17(13(11)18)10-7-5-4-6-9(10)3/h4-8H,1-3H3,(H,16,19). The summed E-state index contributed by atoms with van der Waals surface area (Å²) in [6, 6.07) is 7.24. The zero-order valence-electron chi connectivity index (χ0n) is 11.0. The van der Waals surface area contributed by atoms with Gasteiger partial charge in [0.15, 0.2) is 0 Å². The molecule has 0 saturated carbocycles. The first kappa shape index (κ1) is 13.6. The number of aryl methyl sites for hydroxylation is 1. The van der Waals surface area contributed by atoms with Crippen LogP contribution in [0.1, 0.15) is 30.9 Å². The number of aromatic nitrogens is 2. The van der Waals surface area contributed by atoms with Crippen LogP contribution in [0, 0.1) is 6.92 Å². The second-order valence-electron chi connectivity index (χ2n) is 4.74. The summed E-state index contributed by atoms with van der Waals surface area (Å²) < 4.78 is 1.14. The van der Waals surface area contributed by atoms with Crippen molar-refractivity contribution in [1.29, 1.82) is 0 Å². The second-order valence-corrected chi connectivity index (χ2v) is 5.12. The Morgan fingerprint density at radius 3 is 2.42 bits per heavy atom. The molecule has 19 heavy (non-hydrogen) atoms. The molecule has 5 heteroatoms. The van der Waals surface area contributed by atoms with E-state index in [9.17, 15) is 9.59 Å². The van der Waals surface area contributed by atoms with Crippen molar-refractivity contribution < 1.29 is 0 Å². The molecule has 0 spiro atoms. The van der Waals surface area contributed by atoms with Crippen LogP contribution in [-0.2, 0) is 0 Å². The van der Waals surface area contributed by atoms with E-state index in [1.807, 2.05) is 32.9 Å². The molecule has 0 aliphatic heterocycles. The summed E-state index contributed by atoms with van der Waals surface area (Å²) in [6.07, 6.45) is 0. The van der Waals surface area contributed by atoms with E-state index < -0.39 is 5.69 Å². The molecule has 0 aliphatic carbocycles. The third-order valence-corrected chi connectivity index (χ3v) is 3.32. The van der Waals surface area contributed by atoms with Crippen molar-refractivity contribution in [1.82, 2.24) is 9.55 Å². The quantitative estimate of drug-likeness (QED) is 0.859. The molecular formula is C14H15ClN2O2. The highest BCUT2D eigenvalue weighted by atomic mass is 35.5. The topological polar surface area (TPSA) is 54.9 Å². The van der Waals surface area contributed by atoms with E-state index >= 15 is 0 Å². The van der Waals surface area contributed by atoms with Gasteiger partial charge in [0.2, 0.25) is 0 Å². The van der Waals surface area contributed by atoms with Crippen LogP contribution in [0.4, 0.5) is 0 Å². The molecule has 4 nitrogen and oxygen atoms in total. The summed E-state index contributed by atoms with van der Waals surface area (Å²) in [7, 11) is 0. The van der Waals surface area contributed by atoms with Gasteiger partial charge in [0, 0.05) is 0 Å². The number of hydrogen-bond acceptors (Lipinski definition) is 2. The number of aromatic amines is 1. The highest BCUT2D eigenvalue weighted by Gasteiger charge is 2.17. The average molecular weight is 279 g/mol. The van der Waals surface area contributed by atoms with Crippen molar-refractivity contribution in [3.05, 3.63) is 61.4 Å². The Kier molecular flexibility index (Phi) is 3.62. The molecule has 1 N–H and O–H groups in total. The van der Waals surface area contributed by atoms with E-state index in [1.54, 1.807) is 12.1 Å². The zero-order chi connectivity index (χ0) is 14.2. The number of halogens is 1. The first-order valence-corrected chi connectivity index (χ1v) is 6.42. The van der Waals surface area contributed by atoms with Crippen molar-refractivity contribution in [3.63, 3.8) is 0 Å². The lowest BCUT2D eigenvalue weighted by molar-refractivity contribution is 0.775. The molecule has 0 amide bonds. The summed E-state index contributed by atoms with van der Waals surface area (Å²) in [5.41, 5.74) is 0.968. The fourth-order valence-electron chi connectivity index (χ4n) is 2.06. The van der Waals surface area contributed by atoms with Crippen LogP contribution in [0.5, 0.6) is 0 Å². The van der Waals surface area contributed by atoms with Crippen molar-refractivity contribution in [2.45, 2.75) is 26.7 Å². The summed E-state index contributed by atoms with van der Waals surface area (Å²) in [5.74, 6) is -0.0629. The number of hydrogen-bond donors (Lipinski definition) is 1. The van der Waals surface area contributed by atoms with Gasteiger partial charge >= 0.3 is 5.69 Å². The van der Waals surface area contributed by atoms with E-state index in [1.165, 1.54) is 0 Å². The normalized spacial score (nSPS) is 11.0. The Morgan fingerprint density at radius 1 is 1.21 bits per heavy atom. The first-order chi connectivity index (χ1) is 8.93. The van der Waals surface area contributed by atoms with Crippen LogP contribution in [-0.4, -0.2) is 9.55 Å². The lowest BCUT2D eigenvalue weighted by atomic mass is 10.1. The summed E-state index contributed by atoms with van der Waals surface area (Å²) in [5, 5.41) is 0.120. The van der Waals surface area contributed by atoms with Crippen molar-refractivity contribution >= 4 is 11.6 Å². The van der Waals surface area contributed by atoms with Crippen LogP contribution in [0.15, 0.2) is 33.9 Å². The lowest BCUT2D eigenvalue weighted by Crippen LogP contribution is -2.36. The van der Waals surface area contributed by atoms with E-state index in [-0.39, 0.29) is 16.6 Å². The van der Waals surface area contributed by atoms with Crippen LogP contribution < -0.4 is 11.2 Å². The Labute approximate surface area is 115 Å². The van der Waals surface area contributed by atoms with Crippen LogP contribution in [0.2, 0.25) is 5.15 Å². The number of benzene rings is 1. The SMILES string of the molecule is Cc1ccccc1-n1c(=O)[nH]c(Cl)c(C(C)C)c1=O. The minimum atomic E-state index is -0.520. The first-order valence-electron chi connectivity index (χ1n) is 6.04. The Hall–Kier alpha value is -1.81. The molecule has 1 heterocycles. The highest BCUT2D eigenvalue weighted by Crippen LogP contribution is 2.18. The molecule has 0 radical (unpaired) electrons. The predicted molar refractivity (Wildman–Crippen MR) is 76.5 cm³/mol. The molecule has 0 atom stereocenters. The monoisotopic (exact) mass is 278 g/mol. The van der Waals surface area contributed by atoms with Gasteiger partial charge in [-0.3, -0.25) is 9.78 Å². The molecule has 0 saturated heterocycles. The van der Waals surface area contributed by atoms with Gasteiger partial charge in [-0.1, -0.05) is 43.6 Å². The molecule has 0 bridgehead atoms. The smallest absolute Gasteiger partial charge is 0.297 e. The zero-order valence-corrected chi connectivity index (χ0v) is 11.8. The number of para-hydroxylation sites is 1. The summed E-state index contributed by atoms with van der Waals surface area (Å²) in [4.78, 5) is 27.0. The molecule has 1 aromatic heterocycles. The minimum absolute atomic E-state index is 0.0629. The van der Waals surface area contributed by atoms with Crippen molar-refractivity contribution in [3.8, 4) is 5.69 Å². The third-order valence-electron chi connectivity index (χ3n) is 3.02. The summed E-state index contributed by atoms with van der Waals surface area (Å²) >= 11 is 5.96. The van der Waals surface area contributed by atoms with Crippen molar-refractivity contribution in [2.75, 3.05) is 0 Å². The van der Waals surface area contributed by atoms with Crippen LogP contribution in [0.3, 0.4) is 0 Å². The van der Waals surface area contributed by atoms with E-state index in [0.717, 1.165) is 10.1 Å². The third kappa shape index (κ3) is 2.36. The van der Waals surface area contributed by atoms with Gasteiger partial charge < -0.3 is 0 Å². The molecule has 0 unspecified atom stereocenters. The maximum Gasteiger partial charge on any atom is 0.334 e. The number of H-pyrrole nitrogens is 1.